The van der Waals surface area contributed by atoms with Crippen LogP contribution in [0, 0.1) is 6.92 Å². The standard InChI is InChI=1S/C16H18N4O/c1-11-14(12-7-5-4-6-8-12)16(21)20-15(18-11)13(9-17-20)10-19(2)3/h4-9,17H,10H2,1-3H3. The van der Waals surface area contributed by atoms with Crippen LogP contribution in [0.2, 0.25) is 0 Å². The Kier molecular flexibility index (Phi) is 3.35. The molecule has 3 aromatic rings. The summed E-state index contributed by atoms with van der Waals surface area (Å²) < 4.78 is 1.52. The van der Waals surface area contributed by atoms with Crippen molar-refractivity contribution < 1.29 is 0 Å². The van der Waals surface area contributed by atoms with Crippen molar-refractivity contribution in [2.24, 2.45) is 0 Å². The first-order valence-corrected chi connectivity index (χ1v) is 6.87. The summed E-state index contributed by atoms with van der Waals surface area (Å²) in [5, 5.41) is 3.01. The lowest BCUT2D eigenvalue weighted by molar-refractivity contribution is 0.403. The second-order valence-electron chi connectivity index (χ2n) is 5.44. The zero-order valence-corrected chi connectivity index (χ0v) is 12.4. The maximum absolute atomic E-state index is 12.7. The lowest BCUT2D eigenvalue weighted by atomic mass is 10.1. The number of rotatable bonds is 3. The molecule has 3 rings (SSSR count). The van der Waals surface area contributed by atoms with E-state index in [2.05, 4.69) is 15.0 Å². The first kappa shape index (κ1) is 13.6. The fraction of sp³-hybridized carbons (Fsp3) is 0.250. The van der Waals surface area contributed by atoms with Gasteiger partial charge >= 0.3 is 0 Å². The van der Waals surface area contributed by atoms with Crippen LogP contribution in [-0.2, 0) is 6.54 Å². The highest BCUT2D eigenvalue weighted by Gasteiger charge is 2.15. The maximum atomic E-state index is 12.7. The van der Waals surface area contributed by atoms with Gasteiger partial charge in [0.15, 0.2) is 5.65 Å². The topological polar surface area (TPSA) is 53.4 Å². The number of H-pyrrole nitrogens is 1. The minimum Gasteiger partial charge on any atom is -0.305 e. The highest BCUT2D eigenvalue weighted by atomic mass is 16.1. The van der Waals surface area contributed by atoms with Gasteiger partial charge in [-0.1, -0.05) is 30.3 Å². The molecule has 5 nitrogen and oxygen atoms in total. The first-order chi connectivity index (χ1) is 10.1. The molecule has 2 aromatic heterocycles. The molecule has 0 amide bonds. The highest BCUT2D eigenvalue weighted by molar-refractivity contribution is 5.66. The van der Waals surface area contributed by atoms with Crippen LogP contribution in [0.3, 0.4) is 0 Å². The third-order valence-electron chi connectivity index (χ3n) is 3.47. The maximum Gasteiger partial charge on any atom is 0.280 e. The van der Waals surface area contributed by atoms with Crippen molar-refractivity contribution in [2.75, 3.05) is 14.1 Å². The molecule has 1 N–H and O–H groups in total. The summed E-state index contributed by atoms with van der Waals surface area (Å²) in [6.45, 7) is 2.62. The van der Waals surface area contributed by atoms with Crippen molar-refractivity contribution in [3.63, 3.8) is 0 Å². The van der Waals surface area contributed by atoms with Crippen LogP contribution < -0.4 is 5.56 Å². The van der Waals surface area contributed by atoms with E-state index in [1.807, 2.05) is 57.5 Å². The monoisotopic (exact) mass is 282 g/mol. The Bertz CT molecular complexity index is 831. The number of nitrogens with one attached hydrogen (secondary N) is 1. The molecule has 0 saturated heterocycles. The molecule has 0 spiro atoms. The van der Waals surface area contributed by atoms with Gasteiger partial charge in [-0.05, 0) is 26.6 Å². The molecule has 0 fully saturated rings. The van der Waals surface area contributed by atoms with Crippen molar-refractivity contribution in [3.8, 4) is 11.1 Å². The van der Waals surface area contributed by atoms with Crippen LogP contribution in [0.15, 0.2) is 41.3 Å². The largest absolute Gasteiger partial charge is 0.305 e. The van der Waals surface area contributed by atoms with Gasteiger partial charge in [0.25, 0.3) is 5.56 Å². The number of benzene rings is 1. The summed E-state index contributed by atoms with van der Waals surface area (Å²) in [6, 6.07) is 9.65. The van der Waals surface area contributed by atoms with Gasteiger partial charge in [0.1, 0.15) is 0 Å². The van der Waals surface area contributed by atoms with Crippen molar-refractivity contribution >= 4 is 5.65 Å². The van der Waals surface area contributed by atoms with Gasteiger partial charge in [-0.2, -0.15) is 0 Å². The van der Waals surface area contributed by atoms with Crippen LogP contribution in [0.1, 0.15) is 11.3 Å². The van der Waals surface area contributed by atoms with Gasteiger partial charge in [-0.3, -0.25) is 9.89 Å². The molecule has 0 aliphatic heterocycles. The molecule has 0 unspecified atom stereocenters. The van der Waals surface area contributed by atoms with Gasteiger partial charge in [-0.15, -0.1) is 0 Å². The second-order valence-corrected chi connectivity index (χ2v) is 5.44. The number of aromatic nitrogens is 3. The summed E-state index contributed by atoms with van der Waals surface area (Å²) in [6.07, 6.45) is 1.85. The van der Waals surface area contributed by atoms with E-state index in [0.717, 1.165) is 23.4 Å². The van der Waals surface area contributed by atoms with Crippen LogP contribution in [-0.4, -0.2) is 33.6 Å². The van der Waals surface area contributed by atoms with E-state index in [9.17, 15) is 4.79 Å². The molecular formula is C16H18N4O. The van der Waals surface area contributed by atoms with Gasteiger partial charge in [0, 0.05) is 18.3 Å². The van der Waals surface area contributed by atoms with Gasteiger partial charge in [0.2, 0.25) is 0 Å². The van der Waals surface area contributed by atoms with E-state index in [1.165, 1.54) is 4.52 Å². The van der Waals surface area contributed by atoms with E-state index in [4.69, 9.17) is 0 Å². The Labute approximate surface area is 122 Å². The third-order valence-corrected chi connectivity index (χ3v) is 3.47. The Morgan fingerprint density at radius 1 is 1.24 bits per heavy atom. The Hall–Kier alpha value is -2.40. The number of hydrogen-bond acceptors (Lipinski definition) is 3. The molecule has 2 heterocycles. The lowest BCUT2D eigenvalue weighted by Gasteiger charge is -2.09. The molecule has 0 radical (unpaired) electrons. The molecule has 0 aliphatic carbocycles. The summed E-state index contributed by atoms with van der Waals surface area (Å²) in [4.78, 5) is 19.4. The van der Waals surface area contributed by atoms with E-state index < -0.39 is 0 Å². The molecule has 21 heavy (non-hydrogen) atoms. The molecule has 0 aliphatic rings. The minimum absolute atomic E-state index is 0.0614. The van der Waals surface area contributed by atoms with Crippen molar-refractivity contribution in [2.45, 2.75) is 13.5 Å². The van der Waals surface area contributed by atoms with Crippen LogP contribution in [0.5, 0.6) is 0 Å². The smallest absolute Gasteiger partial charge is 0.280 e. The van der Waals surface area contributed by atoms with E-state index in [0.29, 0.717) is 11.2 Å². The average Bonchev–Trinajstić information content (AvgIpc) is 2.82. The molecular weight excluding hydrogens is 264 g/mol. The Morgan fingerprint density at radius 2 is 1.95 bits per heavy atom. The molecule has 108 valence electrons. The zero-order valence-electron chi connectivity index (χ0n) is 12.4. The first-order valence-electron chi connectivity index (χ1n) is 6.87. The van der Waals surface area contributed by atoms with Crippen molar-refractivity contribution in [3.05, 3.63) is 58.1 Å². The van der Waals surface area contributed by atoms with Crippen LogP contribution >= 0.6 is 0 Å². The molecule has 0 saturated carbocycles. The highest BCUT2D eigenvalue weighted by Crippen LogP contribution is 2.19. The number of nitrogens with zero attached hydrogens (tertiary/aromatic N) is 3. The quantitative estimate of drug-likeness (QED) is 0.800. The van der Waals surface area contributed by atoms with E-state index >= 15 is 0 Å². The fourth-order valence-corrected chi connectivity index (χ4v) is 2.56. The number of hydrogen-bond donors (Lipinski definition) is 1. The van der Waals surface area contributed by atoms with Gasteiger partial charge < -0.3 is 4.90 Å². The lowest BCUT2D eigenvalue weighted by Crippen LogP contribution is -2.19. The van der Waals surface area contributed by atoms with Crippen molar-refractivity contribution in [1.82, 2.24) is 19.5 Å². The van der Waals surface area contributed by atoms with Crippen LogP contribution in [0.25, 0.3) is 16.8 Å². The number of fused-ring (bicyclic) bond motifs is 1. The van der Waals surface area contributed by atoms with E-state index in [1.54, 1.807) is 0 Å². The molecule has 0 atom stereocenters. The van der Waals surface area contributed by atoms with Crippen molar-refractivity contribution in [1.29, 1.82) is 0 Å². The van der Waals surface area contributed by atoms with Gasteiger partial charge in [0.05, 0.1) is 11.3 Å². The SMILES string of the molecule is Cc1nc2c(CN(C)C)c[nH]n2c(=O)c1-c1ccccc1. The molecule has 1 aromatic carbocycles. The minimum atomic E-state index is -0.0614. The predicted molar refractivity (Wildman–Crippen MR) is 83.4 cm³/mol. The molecule has 0 bridgehead atoms. The Balaban J connectivity index is 2.24. The molecule has 5 heteroatoms. The summed E-state index contributed by atoms with van der Waals surface area (Å²) in [7, 11) is 3.99. The number of aromatic amines is 1. The third kappa shape index (κ3) is 2.36. The summed E-state index contributed by atoms with van der Waals surface area (Å²) >= 11 is 0. The number of aryl methyl sites for hydroxylation is 1. The van der Waals surface area contributed by atoms with Gasteiger partial charge in [-0.25, -0.2) is 9.50 Å². The Morgan fingerprint density at radius 3 is 2.62 bits per heavy atom. The summed E-state index contributed by atoms with van der Waals surface area (Å²) in [5.74, 6) is 0. The normalized spacial score (nSPS) is 11.4. The fourth-order valence-electron chi connectivity index (χ4n) is 2.56. The van der Waals surface area contributed by atoms with E-state index in [-0.39, 0.29) is 5.56 Å². The summed E-state index contributed by atoms with van der Waals surface area (Å²) in [5.41, 5.74) is 3.95. The average molecular weight is 282 g/mol. The predicted octanol–water partition coefficient (Wildman–Crippen LogP) is 2.06. The van der Waals surface area contributed by atoms with Crippen LogP contribution in [0.4, 0.5) is 0 Å². The second kappa shape index (κ2) is 5.18. The zero-order chi connectivity index (χ0) is 15.0.